The van der Waals surface area contributed by atoms with Gasteiger partial charge in [-0.3, -0.25) is 4.79 Å². The number of hydrogen-bond donors (Lipinski definition) is 1. The summed E-state index contributed by atoms with van der Waals surface area (Å²) in [5.74, 6) is -0.306. The van der Waals surface area contributed by atoms with Gasteiger partial charge in [-0.05, 0) is 36.8 Å². The number of rotatable bonds is 5. The Kier molecular flexibility index (Phi) is 5.49. The van der Waals surface area contributed by atoms with Gasteiger partial charge in [-0.2, -0.15) is 5.26 Å². The SMILES string of the molecule is Cc1nc(C(=O)NS(=O)(=O)c2ccccc2)cn1Cc1ccc(C#N)cc1Cl. The topological polar surface area (TPSA) is 105 Å². The van der Waals surface area contributed by atoms with Crippen molar-refractivity contribution in [2.24, 2.45) is 0 Å². The number of hydrogen-bond acceptors (Lipinski definition) is 5. The van der Waals surface area contributed by atoms with Crippen molar-refractivity contribution in [1.82, 2.24) is 14.3 Å². The van der Waals surface area contributed by atoms with Gasteiger partial charge in [0.2, 0.25) is 0 Å². The van der Waals surface area contributed by atoms with Crippen molar-refractivity contribution in [3.05, 3.63) is 82.4 Å². The zero-order valence-corrected chi connectivity index (χ0v) is 16.3. The van der Waals surface area contributed by atoms with Gasteiger partial charge in [-0.15, -0.1) is 0 Å². The molecule has 0 bridgehead atoms. The number of nitrogens with zero attached hydrogens (tertiary/aromatic N) is 3. The molecular weight excluding hydrogens is 400 g/mol. The van der Waals surface area contributed by atoms with E-state index in [1.807, 2.05) is 10.8 Å². The number of halogens is 1. The maximum absolute atomic E-state index is 12.4. The van der Waals surface area contributed by atoms with Gasteiger partial charge in [0.1, 0.15) is 11.5 Å². The molecule has 0 aliphatic heterocycles. The fourth-order valence-corrected chi connectivity index (χ4v) is 3.76. The van der Waals surface area contributed by atoms with Crippen molar-refractivity contribution in [2.75, 3.05) is 0 Å². The maximum Gasteiger partial charge on any atom is 0.285 e. The average Bonchev–Trinajstić information content (AvgIpc) is 3.04. The lowest BCUT2D eigenvalue weighted by Crippen LogP contribution is -2.30. The van der Waals surface area contributed by atoms with Gasteiger partial charge in [-0.1, -0.05) is 35.9 Å². The lowest BCUT2D eigenvalue weighted by molar-refractivity contribution is 0.0977. The summed E-state index contributed by atoms with van der Waals surface area (Å²) in [6, 6.07) is 14.5. The monoisotopic (exact) mass is 414 g/mol. The average molecular weight is 415 g/mol. The molecule has 0 saturated heterocycles. The molecule has 28 heavy (non-hydrogen) atoms. The van der Waals surface area contributed by atoms with Crippen LogP contribution in [0.2, 0.25) is 5.02 Å². The number of carbonyl (C=O) groups excluding carboxylic acids is 1. The van der Waals surface area contributed by atoms with Gasteiger partial charge >= 0.3 is 0 Å². The van der Waals surface area contributed by atoms with E-state index >= 15 is 0 Å². The first-order chi connectivity index (χ1) is 13.3. The van der Waals surface area contributed by atoms with Crippen LogP contribution in [0.25, 0.3) is 0 Å². The number of carbonyl (C=O) groups is 1. The molecule has 3 rings (SSSR count). The highest BCUT2D eigenvalue weighted by molar-refractivity contribution is 7.90. The van der Waals surface area contributed by atoms with Crippen LogP contribution >= 0.6 is 11.6 Å². The lowest BCUT2D eigenvalue weighted by Gasteiger charge is -2.07. The van der Waals surface area contributed by atoms with Crippen LogP contribution in [0.1, 0.15) is 27.4 Å². The molecule has 1 N–H and O–H groups in total. The van der Waals surface area contributed by atoms with Crippen molar-refractivity contribution in [2.45, 2.75) is 18.4 Å². The summed E-state index contributed by atoms with van der Waals surface area (Å²) < 4.78 is 28.3. The van der Waals surface area contributed by atoms with Gasteiger partial charge in [-0.25, -0.2) is 18.1 Å². The largest absolute Gasteiger partial charge is 0.330 e. The van der Waals surface area contributed by atoms with E-state index in [1.54, 1.807) is 47.9 Å². The number of aryl methyl sites for hydroxylation is 1. The minimum Gasteiger partial charge on any atom is -0.330 e. The van der Waals surface area contributed by atoms with Crippen molar-refractivity contribution >= 4 is 27.5 Å². The lowest BCUT2D eigenvalue weighted by atomic mass is 10.1. The Morgan fingerprint density at radius 1 is 1.25 bits per heavy atom. The second-order valence-corrected chi connectivity index (χ2v) is 8.06. The standard InChI is InChI=1S/C19H15ClN4O3S/c1-13-22-18(19(25)23-28(26,27)16-5-3-2-4-6-16)12-24(13)11-15-8-7-14(10-21)9-17(15)20/h2-9,12H,11H2,1H3,(H,23,25). The predicted molar refractivity (Wildman–Crippen MR) is 103 cm³/mol. The molecule has 1 aromatic heterocycles. The second-order valence-electron chi connectivity index (χ2n) is 5.97. The van der Waals surface area contributed by atoms with E-state index in [1.165, 1.54) is 18.3 Å². The number of aromatic nitrogens is 2. The third kappa shape index (κ3) is 4.22. The quantitative estimate of drug-likeness (QED) is 0.691. The van der Waals surface area contributed by atoms with Crippen LogP contribution in [-0.2, 0) is 16.6 Å². The molecule has 0 spiro atoms. The number of nitrogens with one attached hydrogen (secondary N) is 1. The maximum atomic E-state index is 12.4. The Morgan fingerprint density at radius 2 is 1.96 bits per heavy atom. The van der Waals surface area contributed by atoms with Crippen LogP contribution in [0.4, 0.5) is 0 Å². The third-order valence-electron chi connectivity index (χ3n) is 4.01. The molecule has 142 valence electrons. The van der Waals surface area contributed by atoms with E-state index in [0.717, 1.165) is 5.56 Å². The molecule has 0 aliphatic carbocycles. The Hall–Kier alpha value is -3.15. The van der Waals surface area contributed by atoms with E-state index < -0.39 is 15.9 Å². The second kappa shape index (κ2) is 7.84. The molecule has 1 amide bonds. The Bertz CT molecular complexity index is 1180. The Morgan fingerprint density at radius 3 is 2.61 bits per heavy atom. The first-order valence-corrected chi connectivity index (χ1v) is 10.0. The summed E-state index contributed by atoms with van der Waals surface area (Å²) in [5.41, 5.74) is 1.16. The molecular formula is C19H15ClN4O3S. The number of sulfonamides is 1. The zero-order chi connectivity index (χ0) is 20.3. The van der Waals surface area contributed by atoms with Gasteiger partial charge in [0.25, 0.3) is 15.9 Å². The fraction of sp³-hybridized carbons (Fsp3) is 0.105. The molecule has 7 nitrogen and oxygen atoms in total. The zero-order valence-electron chi connectivity index (χ0n) is 14.8. The van der Waals surface area contributed by atoms with Crippen LogP contribution < -0.4 is 4.72 Å². The van der Waals surface area contributed by atoms with Gasteiger partial charge < -0.3 is 4.57 Å². The molecule has 0 aliphatic rings. The summed E-state index contributed by atoms with van der Waals surface area (Å²) in [6.45, 7) is 2.02. The van der Waals surface area contributed by atoms with Crippen LogP contribution in [0.5, 0.6) is 0 Å². The molecule has 0 fully saturated rings. The normalized spacial score (nSPS) is 11.0. The number of imidazole rings is 1. The summed E-state index contributed by atoms with van der Waals surface area (Å²) >= 11 is 6.19. The van der Waals surface area contributed by atoms with E-state index in [-0.39, 0.29) is 10.6 Å². The van der Waals surface area contributed by atoms with E-state index in [2.05, 4.69) is 4.98 Å². The first-order valence-electron chi connectivity index (χ1n) is 8.14. The minimum atomic E-state index is -3.99. The number of benzene rings is 2. The van der Waals surface area contributed by atoms with Crippen molar-refractivity contribution in [3.8, 4) is 6.07 Å². The fourth-order valence-electron chi connectivity index (χ4n) is 2.54. The van der Waals surface area contributed by atoms with Gasteiger partial charge in [0, 0.05) is 11.2 Å². The number of nitriles is 1. The first kappa shape index (κ1) is 19.6. The highest BCUT2D eigenvalue weighted by Crippen LogP contribution is 2.20. The van der Waals surface area contributed by atoms with Crippen molar-refractivity contribution in [3.63, 3.8) is 0 Å². The molecule has 9 heteroatoms. The van der Waals surface area contributed by atoms with Crippen molar-refractivity contribution in [1.29, 1.82) is 5.26 Å². The van der Waals surface area contributed by atoms with Crippen molar-refractivity contribution < 1.29 is 13.2 Å². The van der Waals surface area contributed by atoms with E-state index in [4.69, 9.17) is 16.9 Å². The van der Waals surface area contributed by atoms with Crippen LogP contribution in [0, 0.1) is 18.3 Å². The minimum absolute atomic E-state index is 0.0103. The predicted octanol–water partition coefficient (Wildman–Crippen LogP) is 2.88. The van der Waals surface area contributed by atoms with Crippen LogP contribution in [-0.4, -0.2) is 23.9 Å². The summed E-state index contributed by atoms with van der Waals surface area (Å²) in [7, 11) is -3.99. The molecule has 0 saturated carbocycles. The van der Waals surface area contributed by atoms with E-state index in [9.17, 15) is 13.2 Å². The molecule has 0 atom stereocenters. The molecule has 1 heterocycles. The highest BCUT2D eigenvalue weighted by Gasteiger charge is 2.21. The van der Waals surface area contributed by atoms with E-state index in [0.29, 0.717) is 23.0 Å². The van der Waals surface area contributed by atoms with Crippen LogP contribution in [0.15, 0.2) is 59.6 Å². The summed E-state index contributed by atoms with van der Waals surface area (Å²) in [5, 5.41) is 9.33. The highest BCUT2D eigenvalue weighted by atomic mass is 35.5. The molecule has 0 unspecified atom stereocenters. The molecule has 2 aromatic carbocycles. The summed E-state index contributed by atoms with van der Waals surface area (Å²) in [6.07, 6.45) is 1.46. The van der Waals surface area contributed by atoms with Gasteiger partial charge in [0.15, 0.2) is 0 Å². The van der Waals surface area contributed by atoms with Crippen LogP contribution in [0.3, 0.4) is 0 Å². The van der Waals surface area contributed by atoms with Gasteiger partial charge in [0.05, 0.1) is 23.1 Å². The molecule has 3 aromatic rings. The third-order valence-corrected chi connectivity index (χ3v) is 5.71. The Balaban J connectivity index is 1.80. The molecule has 0 radical (unpaired) electrons. The summed E-state index contributed by atoms with van der Waals surface area (Å²) in [4.78, 5) is 16.5. The smallest absolute Gasteiger partial charge is 0.285 e. The number of amides is 1. The Labute approximate surface area is 167 Å².